The van der Waals surface area contributed by atoms with Crippen LogP contribution in [0, 0.1) is 11.8 Å². The Bertz CT molecular complexity index is 1650. The maximum Gasteiger partial charge on any atom is 0.360 e. The van der Waals surface area contributed by atoms with Crippen molar-refractivity contribution >= 4 is 29.3 Å². The van der Waals surface area contributed by atoms with Gasteiger partial charge in [0.2, 0.25) is 17.7 Å². The van der Waals surface area contributed by atoms with Crippen LogP contribution in [-0.2, 0) is 31.0 Å². The molecule has 0 bridgehead atoms. The van der Waals surface area contributed by atoms with Gasteiger partial charge < -0.3 is 35.4 Å². The highest BCUT2D eigenvalue weighted by Gasteiger charge is 2.62. The quantitative estimate of drug-likeness (QED) is 0.204. The predicted molar refractivity (Wildman–Crippen MR) is 167 cm³/mol. The van der Waals surface area contributed by atoms with Crippen molar-refractivity contribution in [2.24, 2.45) is 17.6 Å². The van der Waals surface area contributed by atoms with Gasteiger partial charge in [-0.2, -0.15) is 0 Å². The summed E-state index contributed by atoms with van der Waals surface area (Å²) in [6.07, 6.45) is 0.571. The van der Waals surface area contributed by atoms with Crippen LogP contribution in [0.3, 0.4) is 0 Å². The molecular formula is C34H40N4O8. The van der Waals surface area contributed by atoms with Crippen molar-refractivity contribution in [3.05, 3.63) is 77.0 Å². The number of carbonyl (C=O) groups is 4. The average Bonchev–Trinajstić information content (AvgIpc) is 3.72. The SMILES string of the molecule is CCCC(C)C(C(=O)C12c3ccccc3NC1Oc1ccc(CC(NC(=O)C(O)C(C)C)C(N)=O)cc12)c1nc(C(=O)OC)co1. The van der Waals surface area contributed by atoms with Crippen LogP contribution in [0.2, 0.25) is 0 Å². The Kier molecular flexibility index (Phi) is 9.20. The standard InChI is InChI=1S/C34H40N4O8/c1-6-9-18(4)26(31-37-24(16-45-31)32(43)44-5)28(40)34-20-10-7-8-11-22(20)38-33(34)46-25-13-12-19(14-21(25)34)15-23(29(35)41)36-30(42)27(39)17(2)3/h7-8,10-14,16-18,23,26-27,33,38-39H,6,9,15H2,1-5H3,(H2,35,41)(H,36,42). The van der Waals surface area contributed by atoms with Crippen molar-refractivity contribution in [2.45, 2.75) is 76.7 Å². The number of primary amides is 1. The highest BCUT2D eigenvalue weighted by molar-refractivity contribution is 6.04. The van der Waals surface area contributed by atoms with Gasteiger partial charge in [-0.1, -0.05) is 64.4 Å². The topological polar surface area (TPSA) is 183 Å². The molecule has 2 aromatic carbocycles. The molecule has 2 aliphatic heterocycles. The second kappa shape index (κ2) is 13.0. The largest absolute Gasteiger partial charge is 0.469 e. The Balaban J connectivity index is 1.61. The molecule has 3 heterocycles. The molecule has 0 saturated heterocycles. The third kappa shape index (κ3) is 5.61. The maximum atomic E-state index is 15.3. The van der Waals surface area contributed by atoms with Gasteiger partial charge in [0.15, 0.2) is 17.7 Å². The van der Waals surface area contributed by atoms with Crippen LogP contribution in [-0.4, -0.2) is 59.1 Å². The maximum absolute atomic E-state index is 15.3. The molecule has 46 heavy (non-hydrogen) atoms. The normalized spacial score (nSPS) is 20.3. The summed E-state index contributed by atoms with van der Waals surface area (Å²) in [4.78, 5) is 57.0. The number of fused-ring (bicyclic) bond motifs is 5. The Morgan fingerprint density at radius 3 is 2.54 bits per heavy atom. The first-order chi connectivity index (χ1) is 21.9. The first kappa shape index (κ1) is 32.7. The number of oxazole rings is 1. The van der Waals surface area contributed by atoms with Gasteiger partial charge in [-0.15, -0.1) is 0 Å². The highest BCUT2D eigenvalue weighted by atomic mass is 16.5. The van der Waals surface area contributed by atoms with Gasteiger partial charge in [-0.3, -0.25) is 14.4 Å². The Morgan fingerprint density at radius 1 is 1.13 bits per heavy atom. The zero-order valence-corrected chi connectivity index (χ0v) is 26.5. The molecule has 0 saturated carbocycles. The van der Waals surface area contributed by atoms with E-state index in [1.807, 2.05) is 38.1 Å². The van der Waals surface area contributed by atoms with E-state index in [1.54, 1.807) is 32.0 Å². The number of hydrogen-bond acceptors (Lipinski definition) is 10. The van der Waals surface area contributed by atoms with E-state index >= 15 is 4.79 Å². The second-order valence-corrected chi connectivity index (χ2v) is 12.4. The fraction of sp³-hybridized carbons (Fsp3) is 0.441. The number of methoxy groups -OCH3 is 1. The average molecular weight is 633 g/mol. The molecule has 0 radical (unpaired) electrons. The molecule has 12 nitrogen and oxygen atoms in total. The Labute approximate surface area is 267 Å². The van der Waals surface area contributed by atoms with Crippen LogP contribution < -0.4 is 21.1 Å². The molecule has 2 amide bonds. The number of nitrogens with two attached hydrogens (primary N) is 1. The van der Waals surface area contributed by atoms with Crippen LogP contribution >= 0.6 is 0 Å². The molecular weight excluding hydrogens is 592 g/mol. The Hall–Kier alpha value is -4.71. The number of nitrogens with one attached hydrogen (secondary N) is 2. The molecule has 0 fully saturated rings. The number of rotatable bonds is 13. The van der Waals surface area contributed by atoms with E-state index < -0.39 is 47.5 Å². The van der Waals surface area contributed by atoms with Gasteiger partial charge in [0.05, 0.1) is 13.0 Å². The summed E-state index contributed by atoms with van der Waals surface area (Å²) < 4.78 is 17.0. The molecule has 6 atom stereocenters. The zero-order valence-electron chi connectivity index (χ0n) is 26.5. The van der Waals surface area contributed by atoms with E-state index in [2.05, 4.69) is 15.6 Å². The molecule has 3 aromatic rings. The smallest absolute Gasteiger partial charge is 0.360 e. The number of anilines is 1. The number of para-hydroxylation sites is 1. The molecule has 6 unspecified atom stereocenters. The van der Waals surface area contributed by atoms with Crippen LogP contribution in [0.4, 0.5) is 5.69 Å². The van der Waals surface area contributed by atoms with Crippen molar-refractivity contribution in [1.82, 2.24) is 10.3 Å². The fourth-order valence-electron chi connectivity index (χ4n) is 6.51. The van der Waals surface area contributed by atoms with Gasteiger partial charge in [0, 0.05) is 17.7 Å². The number of aliphatic hydroxyl groups excluding tert-OH is 1. The van der Waals surface area contributed by atoms with Gasteiger partial charge in [0.25, 0.3) is 0 Å². The minimum Gasteiger partial charge on any atom is -0.469 e. The van der Waals surface area contributed by atoms with E-state index in [0.717, 1.165) is 12.1 Å². The molecule has 0 spiro atoms. The molecule has 2 aliphatic rings. The summed E-state index contributed by atoms with van der Waals surface area (Å²) in [6, 6.07) is 11.6. The number of nitrogens with zero attached hydrogens (tertiary/aromatic N) is 1. The summed E-state index contributed by atoms with van der Waals surface area (Å²) in [7, 11) is 1.24. The lowest BCUT2D eigenvalue weighted by Gasteiger charge is -2.32. The van der Waals surface area contributed by atoms with Crippen molar-refractivity contribution in [1.29, 1.82) is 0 Å². The van der Waals surface area contributed by atoms with Crippen molar-refractivity contribution < 1.29 is 38.2 Å². The molecule has 1 aromatic heterocycles. The molecule has 5 rings (SSSR count). The Morgan fingerprint density at radius 2 is 1.87 bits per heavy atom. The highest BCUT2D eigenvalue weighted by Crippen LogP contribution is 2.56. The monoisotopic (exact) mass is 632 g/mol. The lowest BCUT2D eigenvalue weighted by Crippen LogP contribution is -2.50. The first-order valence-corrected chi connectivity index (χ1v) is 15.5. The second-order valence-electron chi connectivity index (χ2n) is 12.4. The summed E-state index contributed by atoms with van der Waals surface area (Å²) in [5, 5.41) is 16.2. The lowest BCUT2D eigenvalue weighted by molar-refractivity contribution is -0.134. The third-order valence-electron chi connectivity index (χ3n) is 8.91. The number of aliphatic hydroxyl groups is 1. The lowest BCUT2D eigenvalue weighted by atomic mass is 9.66. The van der Waals surface area contributed by atoms with Crippen molar-refractivity contribution in [3.63, 3.8) is 0 Å². The number of amides is 2. The van der Waals surface area contributed by atoms with Gasteiger partial charge >= 0.3 is 5.97 Å². The van der Waals surface area contributed by atoms with E-state index in [-0.39, 0.29) is 35.6 Å². The molecule has 12 heteroatoms. The van der Waals surface area contributed by atoms with Gasteiger partial charge in [-0.25, -0.2) is 9.78 Å². The summed E-state index contributed by atoms with van der Waals surface area (Å²) in [5.74, 6) is -3.24. The molecule has 0 aliphatic carbocycles. The number of esters is 1. The van der Waals surface area contributed by atoms with Gasteiger partial charge in [0.1, 0.15) is 29.6 Å². The van der Waals surface area contributed by atoms with Crippen molar-refractivity contribution in [3.8, 4) is 5.75 Å². The first-order valence-electron chi connectivity index (χ1n) is 15.5. The van der Waals surface area contributed by atoms with Crippen LogP contribution in [0.5, 0.6) is 5.75 Å². The summed E-state index contributed by atoms with van der Waals surface area (Å²) in [5.41, 5.74) is 6.90. The van der Waals surface area contributed by atoms with Gasteiger partial charge in [-0.05, 0) is 41.5 Å². The number of ketones is 1. The van der Waals surface area contributed by atoms with E-state index in [0.29, 0.717) is 28.9 Å². The summed E-state index contributed by atoms with van der Waals surface area (Å²) in [6.45, 7) is 7.35. The van der Waals surface area contributed by atoms with Crippen LogP contribution in [0.25, 0.3) is 0 Å². The van der Waals surface area contributed by atoms with E-state index in [1.165, 1.54) is 13.4 Å². The number of benzene rings is 2. The minimum atomic E-state index is -1.35. The fourth-order valence-corrected chi connectivity index (χ4v) is 6.51. The number of aromatic nitrogens is 1. The van der Waals surface area contributed by atoms with Crippen molar-refractivity contribution in [2.75, 3.05) is 12.4 Å². The molecule has 5 N–H and O–H groups in total. The minimum absolute atomic E-state index is 0.0150. The zero-order chi connectivity index (χ0) is 33.3. The third-order valence-corrected chi connectivity index (χ3v) is 8.91. The predicted octanol–water partition coefficient (Wildman–Crippen LogP) is 3.21. The number of ether oxygens (including phenoxy) is 2. The van der Waals surface area contributed by atoms with E-state index in [4.69, 9.17) is 19.6 Å². The molecule has 244 valence electrons. The van der Waals surface area contributed by atoms with Crippen LogP contribution in [0.15, 0.2) is 53.1 Å². The summed E-state index contributed by atoms with van der Waals surface area (Å²) >= 11 is 0. The number of Topliss-reactive ketones (excluding diaryl/α,β-unsaturated/α-hetero) is 1. The van der Waals surface area contributed by atoms with E-state index in [9.17, 15) is 19.5 Å². The van der Waals surface area contributed by atoms with Crippen LogP contribution in [0.1, 0.15) is 79.5 Å². The number of carbonyl (C=O) groups excluding carboxylic acids is 4. The number of hydrogen-bond donors (Lipinski definition) is 4.